The van der Waals surface area contributed by atoms with E-state index in [2.05, 4.69) is 36.0 Å². The standard InChI is InChI=1S/C22H22N6O2S.3C2HF3O2/c1-31(29,30)19-4-2-3-18(12-19)27-7-9-28(10-8-27)22-20-11-16(17-13-25-26-14-17)5-6-21(20)23-15-24-22;3*3-2(4,5)1(6)7/h2-6,11-15H,7-10H2,1H3,(H,25,26);3*(H,6,7). The van der Waals surface area contributed by atoms with Crippen molar-refractivity contribution in [3.63, 3.8) is 0 Å². The Morgan fingerprint density at radius 2 is 1.23 bits per heavy atom. The number of carboxylic acid groups (broad SMARTS) is 3. The number of benzene rings is 2. The molecule has 52 heavy (non-hydrogen) atoms. The van der Waals surface area contributed by atoms with Gasteiger partial charge in [-0.2, -0.15) is 44.6 Å². The first-order chi connectivity index (χ1) is 23.8. The van der Waals surface area contributed by atoms with Crippen LogP contribution >= 0.6 is 0 Å². The molecule has 0 saturated carbocycles. The fourth-order valence-corrected chi connectivity index (χ4v) is 4.63. The highest BCUT2D eigenvalue weighted by Crippen LogP contribution is 2.30. The fourth-order valence-electron chi connectivity index (χ4n) is 3.97. The van der Waals surface area contributed by atoms with Crippen LogP contribution in [0.1, 0.15) is 0 Å². The minimum Gasteiger partial charge on any atom is -0.475 e. The molecule has 0 radical (unpaired) electrons. The molecule has 24 heteroatoms. The van der Waals surface area contributed by atoms with E-state index in [-0.39, 0.29) is 0 Å². The van der Waals surface area contributed by atoms with Crippen molar-refractivity contribution in [3.8, 4) is 11.1 Å². The van der Waals surface area contributed by atoms with Crippen molar-refractivity contribution in [1.29, 1.82) is 0 Å². The lowest BCUT2D eigenvalue weighted by Gasteiger charge is -2.37. The number of hydrogen-bond donors (Lipinski definition) is 4. The molecule has 5 rings (SSSR count). The summed E-state index contributed by atoms with van der Waals surface area (Å²) in [5.41, 5.74) is 3.92. The van der Waals surface area contributed by atoms with Crippen LogP contribution in [0.5, 0.6) is 0 Å². The molecule has 0 aliphatic carbocycles. The highest BCUT2D eigenvalue weighted by molar-refractivity contribution is 7.90. The molecular weight excluding hydrogens is 751 g/mol. The molecule has 4 aromatic rings. The summed E-state index contributed by atoms with van der Waals surface area (Å²) in [6.07, 6.45) is -8.73. The third-order valence-electron chi connectivity index (χ3n) is 6.36. The first-order valence-corrected chi connectivity index (χ1v) is 15.7. The molecule has 0 amide bonds. The number of H-pyrrole nitrogens is 1. The van der Waals surface area contributed by atoms with Gasteiger partial charge in [0.1, 0.15) is 12.1 Å². The van der Waals surface area contributed by atoms with Crippen LogP contribution < -0.4 is 9.80 Å². The Kier molecular flexibility index (Phi) is 13.9. The first-order valence-electron chi connectivity index (χ1n) is 13.8. The molecule has 4 N–H and O–H groups in total. The number of sulfone groups is 1. The zero-order chi connectivity index (χ0) is 39.7. The van der Waals surface area contributed by atoms with Gasteiger partial charge in [-0.25, -0.2) is 32.8 Å². The topological polar surface area (TPSA) is 207 Å². The average Bonchev–Trinajstić information content (AvgIpc) is 3.59. The van der Waals surface area contributed by atoms with Crippen molar-refractivity contribution >= 4 is 50.2 Å². The number of aromatic nitrogens is 4. The minimum absolute atomic E-state index is 0.348. The molecule has 0 bridgehead atoms. The van der Waals surface area contributed by atoms with E-state index in [1.165, 1.54) is 6.26 Å². The summed E-state index contributed by atoms with van der Waals surface area (Å²) in [7, 11) is -3.23. The van der Waals surface area contributed by atoms with Crippen molar-refractivity contribution in [1.82, 2.24) is 20.2 Å². The molecule has 0 atom stereocenters. The number of anilines is 2. The van der Waals surface area contributed by atoms with Crippen LogP contribution in [0.25, 0.3) is 22.0 Å². The second-order valence-corrected chi connectivity index (χ2v) is 12.1. The summed E-state index contributed by atoms with van der Waals surface area (Å²) in [5, 5.41) is 29.3. The first kappa shape index (κ1) is 42.5. The van der Waals surface area contributed by atoms with Crippen molar-refractivity contribution in [2.75, 3.05) is 42.2 Å². The smallest absolute Gasteiger partial charge is 0.475 e. The van der Waals surface area contributed by atoms with Crippen LogP contribution in [0.4, 0.5) is 51.0 Å². The molecule has 3 heterocycles. The van der Waals surface area contributed by atoms with Gasteiger partial charge in [0.2, 0.25) is 0 Å². The lowest BCUT2D eigenvalue weighted by Crippen LogP contribution is -2.47. The largest absolute Gasteiger partial charge is 0.490 e. The van der Waals surface area contributed by atoms with E-state index in [4.69, 9.17) is 29.7 Å². The predicted molar refractivity (Wildman–Crippen MR) is 162 cm³/mol. The predicted octanol–water partition coefficient (Wildman–Crippen LogP) is 4.65. The van der Waals surface area contributed by atoms with E-state index < -0.39 is 46.3 Å². The molecule has 1 saturated heterocycles. The maximum atomic E-state index is 11.9. The minimum atomic E-state index is -5.08. The zero-order valence-corrected chi connectivity index (χ0v) is 26.8. The normalized spacial score (nSPS) is 13.4. The molecule has 0 spiro atoms. The van der Waals surface area contributed by atoms with Crippen molar-refractivity contribution < 1.29 is 77.6 Å². The monoisotopic (exact) mass is 776 g/mol. The van der Waals surface area contributed by atoms with Crippen LogP contribution in [0.2, 0.25) is 0 Å². The van der Waals surface area contributed by atoms with Crippen molar-refractivity contribution in [2.45, 2.75) is 23.4 Å². The molecule has 0 unspecified atom stereocenters. The van der Waals surface area contributed by atoms with Crippen LogP contribution in [0.15, 0.2) is 66.1 Å². The van der Waals surface area contributed by atoms with Crippen LogP contribution in [0.3, 0.4) is 0 Å². The molecule has 1 aliphatic heterocycles. The summed E-state index contributed by atoms with van der Waals surface area (Å²) >= 11 is 0. The second-order valence-electron chi connectivity index (χ2n) is 10.1. The maximum Gasteiger partial charge on any atom is 0.490 e. The van der Waals surface area contributed by atoms with Crippen molar-refractivity contribution in [2.24, 2.45) is 0 Å². The van der Waals surface area contributed by atoms with Gasteiger partial charge >= 0.3 is 36.4 Å². The SMILES string of the molecule is CS(=O)(=O)c1cccc(N2CCN(c3ncnc4ccc(-c5cn[nH]c5)cc34)CC2)c1.O=C(O)C(F)(F)F.O=C(O)C(F)(F)F.O=C(O)C(F)(F)F. The Balaban J connectivity index is 0.000000365. The Morgan fingerprint density at radius 3 is 1.67 bits per heavy atom. The quantitative estimate of drug-likeness (QED) is 0.209. The Hall–Kier alpha value is -5.68. The van der Waals surface area contributed by atoms with Gasteiger partial charge in [-0.15, -0.1) is 0 Å². The van der Waals surface area contributed by atoms with Gasteiger partial charge in [-0.1, -0.05) is 12.1 Å². The number of aliphatic carboxylic acids is 3. The van der Waals surface area contributed by atoms with Crippen molar-refractivity contribution in [3.05, 3.63) is 61.2 Å². The zero-order valence-electron chi connectivity index (χ0n) is 26.0. The number of piperazine rings is 1. The molecular formula is C28H25F9N6O8S. The van der Waals surface area contributed by atoms with Crippen LogP contribution in [-0.2, 0) is 24.2 Å². The van der Waals surface area contributed by atoms with Gasteiger partial charge in [0, 0.05) is 55.3 Å². The summed E-state index contributed by atoms with van der Waals surface area (Å²) in [6, 6.07) is 13.3. The van der Waals surface area contributed by atoms with E-state index in [1.54, 1.807) is 30.7 Å². The van der Waals surface area contributed by atoms with Crippen LogP contribution in [-0.4, -0.2) is 113 Å². The third kappa shape index (κ3) is 12.9. The lowest BCUT2D eigenvalue weighted by atomic mass is 10.1. The number of nitrogens with zero attached hydrogens (tertiary/aromatic N) is 5. The number of halogens is 9. The highest BCUT2D eigenvalue weighted by atomic mass is 32.2. The number of rotatable bonds is 4. The summed E-state index contributed by atoms with van der Waals surface area (Å²) in [6.45, 7) is 3.12. The number of nitrogens with one attached hydrogen (secondary N) is 1. The highest BCUT2D eigenvalue weighted by Gasteiger charge is 2.39. The maximum absolute atomic E-state index is 11.9. The number of fused-ring (bicyclic) bond motifs is 1. The van der Waals surface area contributed by atoms with Gasteiger partial charge in [-0.3, -0.25) is 5.10 Å². The molecule has 2 aromatic carbocycles. The van der Waals surface area contributed by atoms with Gasteiger partial charge in [-0.05, 0) is 35.9 Å². The molecule has 2 aromatic heterocycles. The Bertz CT molecular complexity index is 1890. The van der Waals surface area contributed by atoms with E-state index >= 15 is 0 Å². The Labute approximate surface area is 286 Å². The Morgan fingerprint density at radius 1 is 0.731 bits per heavy atom. The summed E-state index contributed by atoms with van der Waals surface area (Å²) in [5.74, 6) is -7.35. The van der Waals surface area contributed by atoms with Gasteiger partial charge in [0.15, 0.2) is 9.84 Å². The number of alkyl halides is 9. The lowest BCUT2D eigenvalue weighted by molar-refractivity contribution is -0.193. The number of hydrogen-bond acceptors (Lipinski definition) is 10. The number of aromatic amines is 1. The number of carbonyl (C=O) groups is 3. The van der Waals surface area contributed by atoms with Gasteiger partial charge in [0.25, 0.3) is 0 Å². The number of carboxylic acids is 3. The molecule has 1 fully saturated rings. The van der Waals surface area contributed by atoms with E-state index in [1.807, 2.05) is 24.4 Å². The summed E-state index contributed by atoms with van der Waals surface area (Å²) in [4.78, 5) is 40.5. The van der Waals surface area contributed by atoms with E-state index in [9.17, 15) is 47.9 Å². The molecule has 14 nitrogen and oxygen atoms in total. The molecule has 284 valence electrons. The van der Waals surface area contributed by atoms with Crippen LogP contribution in [0, 0.1) is 0 Å². The summed E-state index contributed by atoms with van der Waals surface area (Å²) < 4.78 is 119. The fraction of sp³-hybridized carbons (Fsp3) is 0.286. The van der Waals surface area contributed by atoms with E-state index in [0.717, 1.165) is 59.7 Å². The van der Waals surface area contributed by atoms with Gasteiger partial charge < -0.3 is 25.1 Å². The molecule has 1 aliphatic rings. The van der Waals surface area contributed by atoms with Gasteiger partial charge in [0.05, 0.1) is 16.6 Å². The average molecular weight is 777 g/mol. The third-order valence-corrected chi connectivity index (χ3v) is 7.47. The van der Waals surface area contributed by atoms with E-state index in [0.29, 0.717) is 4.90 Å². The second kappa shape index (κ2) is 17.0.